The smallest absolute Gasteiger partial charge is 0.220 e. The fourth-order valence-corrected chi connectivity index (χ4v) is 4.54. The lowest BCUT2D eigenvalue weighted by Gasteiger charge is -2.29. The van der Waals surface area contributed by atoms with E-state index in [0.717, 1.165) is 11.0 Å². The molecule has 3 atom stereocenters. The largest absolute Gasteiger partial charge is 0.486 e. The topological polar surface area (TPSA) is 111 Å². The minimum atomic E-state index is -0.999. The fourth-order valence-electron chi connectivity index (χ4n) is 4.54. The molecule has 1 fully saturated rings. The van der Waals surface area contributed by atoms with Crippen LogP contribution in [-0.2, 0) is 4.79 Å². The summed E-state index contributed by atoms with van der Waals surface area (Å²) in [6, 6.07) is 12.1. The van der Waals surface area contributed by atoms with Crippen molar-refractivity contribution in [2.45, 2.75) is 37.6 Å². The van der Waals surface area contributed by atoms with Crippen LogP contribution in [0, 0.1) is 0 Å². The van der Waals surface area contributed by atoms with Crippen LogP contribution in [-0.4, -0.2) is 82.7 Å². The van der Waals surface area contributed by atoms with Gasteiger partial charge in [0.15, 0.2) is 11.5 Å². The van der Waals surface area contributed by atoms with E-state index in [1.54, 1.807) is 18.2 Å². The van der Waals surface area contributed by atoms with Gasteiger partial charge in [-0.1, -0.05) is 23.0 Å². The molecule has 2 aromatic carbocycles. The molecule has 3 aromatic rings. The Bertz CT molecular complexity index is 1190. The van der Waals surface area contributed by atoms with Crippen molar-refractivity contribution >= 4 is 16.9 Å². The average Bonchev–Trinajstić information content (AvgIpc) is 3.51. The van der Waals surface area contributed by atoms with Gasteiger partial charge in [0, 0.05) is 26.1 Å². The van der Waals surface area contributed by atoms with Gasteiger partial charge in [0.25, 0.3) is 0 Å². The second-order valence-electron chi connectivity index (χ2n) is 9.06. The second-order valence-corrected chi connectivity index (χ2v) is 9.06. The van der Waals surface area contributed by atoms with E-state index in [1.165, 1.54) is 4.85 Å². The lowest BCUT2D eigenvalue weighted by molar-refractivity contribution is -0.123. The highest BCUT2D eigenvalue weighted by Gasteiger charge is 2.30. The first-order chi connectivity index (χ1) is 17.6. The number of fused-ring (bicyclic) bond motifs is 2. The molecule has 1 amide bonds. The number of alkyl halides is 1. The summed E-state index contributed by atoms with van der Waals surface area (Å²) in [4.78, 5) is 21.7. The lowest BCUT2D eigenvalue weighted by Crippen LogP contribution is -2.47. The first-order valence-corrected chi connectivity index (χ1v) is 12.2. The molecule has 2 aliphatic rings. The lowest BCUT2D eigenvalue weighted by atomic mass is 10.0. The van der Waals surface area contributed by atoms with Crippen LogP contribution in [0.1, 0.15) is 30.9 Å². The number of hydrogen-bond donors (Lipinski definition) is 2. The van der Waals surface area contributed by atoms with Gasteiger partial charge >= 0.3 is 0 Å². The zero-order valence-corrected chi connectivity index (χ0v) is 19.9. The van der Waals surface area contributed by atoms with Crippen LogP contribution in [0.4, 0.5) is 4.39 Å². The van der Waals surface area contributed by atoms with Crippen LogP contribution >= 0.6 is 0 Å². The van der Waals surface area contributed by atoms with Crippen molar-refractivity contribution in [1.82, 2.24) is 25.4 Å². The van der Waals surface area contributed by atoms with Crippen LogP contribution in [0.5, 0.6) is 11.5 Å². The third kappa shape index (κ3) is 5.68. The fraction of sp³-hybridized carbons (Fsp3) is 0.480. The number of amides is 1. The van der Waals surface area contributed by atoms with Gasteiger partial charge in [0.2, 0.25) is 5.91 Å². The number of rotatable bonds is 10. The van der Waals surface area contributed by atoms with Crippen LogP contribution in [0.2, 0.25) is 0 Å². The van der Waals surface area contributed by atoms with E-state index in [9.17, 15) is 14.3 Å². The van der Waals surface area contributed by atoms with Crippen molar-refractivity contribution in [3.05, 3.63) is 48.0 Å². The SMILES string of the molecule is O=C(CCCOn1nnc2ccccc21)N[C@H](CN1CC[C@@H](F)C1)[C@H](O)c1ccc2c(c1)OCCO2. The molecule has 11 heteroatoms. The standard InChI is InChI=1S/C25H30FN5O5/c26-18-9-10-30(15-18)16-20(25(33)17-7-8-22-23(14-17)35-13-12-34-22)27-24(32)6-3-11-36-31-21-5-2-1-4-19(21)28-29-31/h1-2,4-5,7-8,14,18,20,25,33H,3,6,9-13,15-16H2,(H,27,32)/t18-,20-,25-/m1/s1. The zero-order chi connectivity index (χ0) is 24.9. The Kier molecular flexibility index (Phi) is 7.47. The summed E-state index contributed by atoms with van der Waals surface area (Å²) in [7, 11) is 0. The number of aliphatic hydroxyl groups is 1. The molecular formula is C25H30FN5O5. The summed E-state index contributed by atoms with van der Waals surface area (Å²) in [6.45, 7) is 2.39. The molecule has 1 aromatic heterocycles. The van der Waals surface area contributed by atoms with E-state index in [1.807, 2.05) is 29.2 Å². The summed E-state index contributed by atoms with van der Waals surface area (Å²) >= 11 is 0. The maximum absolute atomic E-state index is 13.8. The molecule has 2 N–H and O–H groups in total. The van der Waals surface area contributed by atoms with E-state index in [-0.39, 0.29) is 18.9 Å². The molecule has 36 heavy (non-hydrogen) atoms. The van der Waals surface area contributed by atoms with E-state index in [4.69, 9.17) is 14.3 Å². The molecular weight excluding hydrogens is 469 g/mol. The first kappa shape index (κ1) is 24.3. The Balaban J connectivity index is 1.19. The third-order valence-corrected chi connectivity index (χ3v) is 6.39. The highest BCUT2D eigenvalue weighted by atomic mass is 19.1. The number of para-hydroxylation sites is 1. The number of nitrogens with zero attached hydrogens (tertiary/aromatic N) is 4. The number of ether oxygens (including phenoxy) is 2. The molecule has 0 spiro atoms. The van der Waals surface area contributed by atoms with Gasteiger partial charge in [-0.15, -0.1) is 5.10 Å². The van der Waals surface area contributed by atoms with Crippen LogP contribution < -0.4 is 19.6 Å². The minimum Gasteiger partial charge on any atom is -0.486 e. The molecule has 0 radical (unpaired) electrons. The molecule has 10 nitrogen and oxygen atoms in total. The molecule has 1 saturated heterocycles. The molecule has 3 heterocycles. The predicted octanol–water partition coefficient (Wildman–Crippen LogP) is 1.67. The monoisotopic (exact) mass is 499 g/mol. The van der Waals surface area contributed by atoms with Gasteiger partial charge in [-0.3, -0.25) is 9.69 Å². The van der Waals surface area contributed by atoms with Gasteiger partial charge in [-0.2, -0.15) is 0 Å². The van der Waals surface area contributed by atoms with Crippen LogP contribution in [0.3, 0.4) is 0 Å². The Hall–Kier alpha value is -3.44. The summed E-state index contributed by atoms with van der Waals surface area (Å²) in [6.07, 6.45) is -0.792. The number of benzene rings is 2. The third-order valence-electron chi connectivity index (χ3n) is 6.39. The molecule has 0 unspecified atom stereocenters. The number of hydrogen-bond acceptors (Lipinski definition) is 8. The van der Waals surface area contributed by atoms with Crippen molar-refractivity contribution in [3.63, 3.8) is 0 Å². The summed E-state index contributed by atoms with van der Waals surface area (Å²) in [5.74, 6) is 0.961. The minimum absolute atomic E-state index is 0.197. The molecule has 5 rings (SSSR count). The van der Waals surface area contributed by atoms with Crippen LogP contribution in [0.15, 0.2) is 42.5 Å². The highest BCUT2D eigenvalue weighted by molar-refractivity contribution is 5.76. The maximum Gasteiger partial charge on any atom is 0.220 e. The van der Waals surface area contributed by atoms with Crippen molar-refractivity contribution in [3.8, 4) is 11.5 Å². The Labute approximate surface area is 207 Å². The zero-order valence-electron chi connectivity index (χ0n) is 19.9. The molecule has 0 aliphatic carbocycles. The Morgan fingerprint density at radius 2 is 2.06 bits per heavy atom. The van der Waals surface area contributed by atoms with Crippen LogP contribution in [0.25, 0.3) is 11.0 Å². The second kappa shape index (κ2) is 11.1. The van der Waals surface area contributed by atoms with E-state index in [2.05, 4.69) is 15.6 Å². The number of likely N-dealkylation sites (tertiary alicyclic amines) is 1. The molecule has 0 saturated carbocycles. The number of aromatic nitrogens is 3. The number of nitrogens with one attached hydrogen (secondary N) is 1. The number of carbonyl (C=O) groups excluding carboxylic acids is 1. The summed E-state index contributed by atoms with van der Waals surface area (Å²) in [5.41, 5.74) is 2.08. The number of carbonyl (C=O) groups is 1. The summed E-state index contributed by atoms with van der Waals surface area (Å²) < 4.78 is 25.0. The number of halogens is 1. The first-order valence-electron chi connectivity index (χ1n) is 12.2. The van der Waals surface area contributed by atoms with Gasteiger partial charge in [0.1, 0.15) is 43.1 Å². The van der Waals surface area contributed by atoms with Gasteiger partial charge in [-0.05, 0) is 47.9 Å². The summed E-state index contributed by atoms with van der Waals surface area (Å²) in [5, 5.41) is 22.1. The van der Waals surface area contributed by atoms with Gasteiger partial charge in [-0.25, -0.2) is 4.39 Å². The van der Waals surface area contributed by atoms with E-state index >= 15 is 0 Å². The quantitative estimate of drug-likeness (QED) is 0.406. The highest BCUT2D eigenvalue weighted by Crippen LogP contribution is 2.33. The van der Waals surface area contributed by atoms with Crippen molar-refractivity contribution in [1.29, 1.82) is 0 Å². The Morgan fingerprint density at radius 3 is 2.89 bits per heavy atom. The average molecular weight is 500 g/mol. The van der Waals surface area contributed by atoms with E-state index < -0.39 is 18.3 Å². The molecule has 0 bridgehead atoms. The molecule has 2 aliphatic heterocycles. The van der Waals surface area contributed by atoms with Gasteiger partial charge < -0.3 is 24.7 Å². The normalized spacial score (nSPS) is 19.2. The van der Waals surface area contributed by atoms with Crippen molar-refractivity contribution in [2.75, 3.05) is 39.5 Å². The van der Waals surface area contributed by atoms with Crippen molar-refractivity contribution in [2.24, 2.45) is 0 Å². The Morgan fingerprint density at radius 1 is 1.22 bits per heavy atom. The van der Waals surface area contributed by atoms with Crippen molar-refractivity contribution < 1.29 is 28.6 Å². The van der Waals surface area contributed by atoms with E-state index in [0.29, 0.717) is 62.8 Å². The number of aliphatic hydroxyl groups excluding tert-OH is 1. The van der Waals surface area contributed by atoms with Gasteiger partial charge in [0.05, 0.1) is 6.04 Å². The predicted molar refractivity (Wildman–Crippen MR) is 128 cm³/mol. The maximum atomic E-state index is 13.8. The molecule has 192 valence electrons.